The maximum atomic E-state index is 12.8. The number of halogens is 1. The van der Waals surface area contributed by atoms with Crippen molar-refractivity contribution in [1.29, 1.82) is 0 Å². The molecule has 1 aliphatic rings. The molecule has 0 radical (unpaired) electrons. The monoisotopic (exact) mass is 392 g/mol. The molecule has 1 saturated heterocycles. The molecule has 0 amide bonds. The molecule has 0 unspecified atom stereocenters. The van der Waals surface area contributed by atoms with Gasteiger partial charge in [-0.15, -0.1) is 11.3 Å². The third-order valence-corrected chi connectivity index (χ3v) is 7.88. The van der Waals surface area contributed by atoms with Crippen molar-refractivity contribution in [3.05, 3.63) is 58.6 Å². The van der Waals surface area contributed by atoms with Crippen molar-refractivity contribution in [3.63, 3.8) is 0 Å². The molecular weight excluding hydrogens is 376 g/mol. The van der Waals surface area contributed by atoms with Crippen LogP contribution in [0.15, 0.2) is 53.4 Å². The van der Waals surface area contributed by atoms with Crippen LogP contribution in [0.2, 0.25) is 5.02 Å². The van der Waals surface area contributed by atoms with Crippen LogP contribution < -0.4 is 0 Å². The first-order valence-electron chi connectivity index (χ1n) is 8.15. The Labute approximate surface area is 156 Å². The lowest BCUT2D eigenvalue weighted by molar-refractivity contribution is 0.319. The molecule has 1 aromatic heterocycles. The number of sulfonamides is 1. The van der Waals surface area contributed by atoms with Crippen molar-refractivity contribution >= 4 is 43.2 Å². The molecule has 0 atom stereocenters. The van der Waals surface area contributed by atoms with Gasteiger partial charge in [-0.1, -0.05) is 29.8 Å². The Hall–Kier alpha value is -1.47. The average Bonchev–Trinajstić information content (AvgIpc) is 3.06. The van der Waals surface area contributed by atoms with Gasteiger partial charge in [0.2, 0.25) is 10.0 Å². The lowest BCUT2D eigenvalue weighted by atomic mass is 9.99. The lowest BCUT2D eigenvalue weighted by Crippen LogP contribution is -2.37. The minimum Gasteiger partial charge on any atom is -0.241 e. The summed E-state index contributed by atoms with van der Waals surface area (Å²) < 4.78 is 28.3. The number of benzene rings is 2. The van der Waals surface area contributed by atoms with Gasteiger partial charge in [0.25, 0.3) is 0 Å². The van der Waals surface area contributed by atoms with Gasteiger partial charge in [-0.2, -0.15) is 4.31 Å². The lowest BCUT2D eigenvalue weighted by Gasteiger charge is -2.30. The molecule has 0 bridgehead atoms. The summed E-state index contributed by atoms with van der Waals surface area (Å²) in [7, 11) is -3.48. The van der Waals surface area contributed by atoms with E-state index in [1.807, 2.05) is 18.2 Å². The molecule has 0 aliphatic carbocycles. The summed E-state index contributed by atoms with van der Waals surface area (Å²) in [5.74, 6) is 0.322. The fraction of sp³-hybridized carbons (Fsp3) is 0.278. The molecule has 25 heavy (non-hydrogen) atoms. The van der Waals surface area contributed by atoms with Crippen LogP contribution in [-0.2, 0) is 10.0 Å². The van der Waals surface area contributed by atoms with E-state index in [2.05, 4.69) is 6.07 Å². The molecule has 2 heterocycles. The predicted octanol–water partition coefficient (Wildman–Crippen LogP) is 4.52. The first kappa shape index (κ1) is 17.0. The molecule has 0 N–H and O–H groups in total. The summed E-state index contributed by atoms with van der Waals surface area (Å²) in [6, 6.07) is 14.6. The highest BCUT2D eigenvalue weighted by atomic mass is 35.5. The van der Waals surface area contributed by atoms with E-state index in [0.717, 1.165) is 23.4 Å². The second-order valence-electron chi connectivity index (χ2n) is 6.16. The van der Waals surface area contributed by atoms with Gasteiger partial charge >= 0.3 is 0 Å². The molecule has 0 spiro atoms. The van der Waals surface area contributed by atoms with Crippen molar-refractivity contribution in [3.8, 4) is 0 Å². The molecule has 1 fully saturated rings. The number of hydrogen-bond acceptors (Lipinski definition) is 4. The zero-order chi connectivity index (χ0) is 17.4. The number of nitrogens with zero attached hydrogens (tertiary/aromatic N) is 2. The van der Waals surface area contributed by atoms with Gasteiger partial charge < -0.3 is 0 Å². The largest absolute Gasteiger partial charge is 0.243 e. The number of aromatic nitrogens is 1. The molecule has 4 rings (SSSR count). The fourth-order valence-corrected chi connectivity index (χ4v) is 6.09. The van der Waals surface area contributed by atoms with E-state index in [1.165, 1.54) is 10.8 Å². The average molecular weight is 393 g/mol. The highest BCUT2D eigenvalue weighted by Crippen LogP contribution is 2.35. The minimum atomic E-state index is -3.48. The summed E-state index contributed by atoms with van der Waals surface area (Å²) in [6.07, 6.45) is 1.58. The Morgan fingerprint density at radius 3 is 2.56 bits per heavy atom. The van der Waals surface area contributed by atoms with E-state index in [0.29, 0.717) is 24.0 Å². The summed E-state index contributed by atoms with van der Waals surface area (Å²) in [6.45, 7) is 1.02. The van der Waals surface area contributed by atoms with Crippen molar-refractivity contribution in [2.75, 3.05) is 13.1 Å². The smallest absolute Gasteiger partial charge is 0.241 e. The fourth-order valence-electron chi connectivity index (χ4n) is 3.18. The number of fused-ring (bicyclic) bond motifs is 1. The number of hydrogen-bond donors (Lipinski definition) is 0. The van der Waals surface area contributed by atoms with E-state index in [1.54, 1.807) is 33.8 Å². The molecule has 2 aromatic carbocycles. The van der Waals surface area contributed by atoms with E-state index in [-0.39, 0.29) is 4.90 Å². The van der Waals surface area contributed by atoms with E-state index in [4.69, 9.17) is 16.6 Å². The van der Waals surface area contributed by atoms with Gasteiger partial charge in [0.15, 0.2) is 0 Å². The van der Waals surface area contributed by atoms with Crippen LogP contribution in [0.3, 0.4) is 0 Å². The van der Waals surface area contributed by atoms with Crippen LogP contribution in [0.1, 0.15) is 23.8 Å². The first-order chi connectivity index (χ1) is 12.0. The molecule has 130 valence electrons. The zero-order valence-electron chi connectivity index (χ0n) is 13.4. The van der Waals surface area contributed by atoms with Crippen molar-refractivity contribution < 1.29 is 8.42 Å². The number of piperidine rings is 1. The highest BCUT2D eigenvalue weighted by Gasteiger charge is 2.31. The normalized spacial score (nSPS) is 17.2. The van der Waals surface area contributed by atoms with Crippen LogP contribution in [-0.4, -0.2) is 30.8 Å². The third-order valence-electron chi connectivity index (χ3n) is 4.55. The Balaban J connectivity index is 1.51. The Kier molecular flexibility index (Phi) is 4.54. The van der Waals surface area contributed by atoms with Crippen LogP contribution >= 0.6 is 22.9 Å². The van der Waals surface area contributed by atoms with E-state index >= 15 is 0 Å². The summed E-state index contributed by atoms with van der Waals surface area (Å²) in [4.78, 5) is 4.99. The van der Waals surface area contributed by atoms with E-state index < -0.39 is 10.0 Å². The van der Waals surface area contributed by atoms with Gasteiger partial charge in [-0.25, -0.2) is 13.4 Å². The Morgan fingerprint density at radius 2 is 1.84 bits per heavy atom. The predicted molar refractivity (Wildman–Crippen MR) is 102 cm³/mol. The van der Waals surface area contributed by atoms with Crippen molar-refractivity contribution in [1.82, 2.24) is 9.29 Å². The van der Waals surface area contributed by atoms with Gasteiger partial charge in [0.05, 0.1) is 20.1 Å². The third kappa shape index (κ3) is 3.31. The molecule has 0 saturated carbocycles. The summed E-state index contributed by atoms with van der Waals surface area (Å²) >= 11 is 7.66. The minimum absolute atomic E-state index is 0.262. The topological polar surface area (TPSA) is 50.3 Å². The Bertz CT molecular complexity index is 976. The molecule has 3 aromatic rings. The Morgan fingerprint density at radius 1 is 1.08 bits per heavy atom. The SMILES string of the molecule is O=S(=O)(c1cccc(Cl)c1)N1CCC(c2nc3ccccc3s2)CC1. The second kappa shape index (κ2) is 6.68. The van der Waals surface area contributed by atoms with Crippen molar-refractivity contribution in [2.45, 2.75) is 23.7 Å². The van der Waals surface area contributed by atoms with Crippen molar-refractivity contribution in [2.24, 2.45) is 0 Å². The van der Waals surface area contributed by atoms with Gasteiger partial charge in [0, 0.05) is 24.0 Å². The molecular formula is C18H17ClN2O2S2. The first-order valence-corrected chi connectivity index (χ1v) is 10.8. The van der Waals surface area contributed by atoms with Crippen LogP contribution in [0.4, 0.5) is 0 Å². The summed E-state index contributed by atoms with van der Waals surface area (Å²) in [5, 5.41) is 1.55. The number of para-hydroxylation sites is 1. The number of thiazole rings is 1. The molecule has 1 aliphatic heterocycles. The highest BCUT2D eigenvalue weighted by molar-refractivity contribution is 7.89. The standard InChI is InChI=1S/C18H17ClN2O2S2/c19-14-4-3-5-15(12-14)25(22,23)21-10-8-13(9-11-21)18-20-16-6-1-2-7-17(16)24-18/h1-7,12-13H,8-11H2. The van der Waals surface area contributed by atoms with E-state index in [9.17, 15) is 8.42 Å². The maximum absolute atomic E-state index is 12.8. The number of rotatable bonds is 3. The van der Waals surface area contributed by atoms with Crippen LogP contribution in [0, 0.1) is 0 Å². The van der Waals surface area contributed by atoms with Crippen LogP contribution in [0.5, 0.6) is 0 Å². The summed E-state index contributed by atoms with van der Waals surface area (Å²) in [5.41, 5.74) is 1.02. The van der Waals surface area contributed by atoms with Crippen LogP contribution in [0.25, 0.3) is 10.2 Å². The van der Waals surface area contributed by atoms with Gasteiger partial charge in [-0.05, 0) is 43.2 Å². The molecule has 4 nitrogen and oxygen atoms in total. The second-order valence-corrected chi connectivity index (χ2v) is 9.59. The maximum Gasteiger partial charge on any atom is 0.243 e. The zero-order valence-corrected chi connectivity index (χ0v) is 15.8. The van der Waals surface area contributed by atoms with Gasteiger partial charge in [-0.3, -0.25) is 0 Å². The quantitative estimate of drug-likeness (QED) is 0.658. The molecule has 7 heteroatoms. The van der Waals surface area contributed by atoms with Gasteiger partial charge in [0.1, 0.15) is 0 Å².